The van der Waals surface area contributed by atoms with Gasteiger partial charge in [-0.25, -0.2) is 9.37 Å². The number of benzene rings is 2. The average molecular weight is 439 g/mol. The Morgan fingerprint density at radius 3 is 2.90 bits per heavy atom. The van der Waals surface area contributed by atoms with Crippen molar-refractivity contribution in [2.75, 3.05) is 19.8 Å². The molecule has 3 aromatic rings. The number of nitrogens with zero attached hydrogens (tertiary/aromatic N) is 2. The summed E-state index contributed by atoms with van der Waals surface area (Å²) in [5.74, 6) is 0.470. The SMILES string of the molecule is O=C(c1ccc(OCC2CCCO2)cc1)N1CCc2nc(-c3cccc(F)c3)sc2C1. The highest BCUT2D eigenvalue weighted by Gasteiger charge is 2.25. The first-order chi connectivity index (χ1) is 15.2. The van der Waals surface area contributed by atoms with Crippen LogP contribution in [0.3, 0.4) is 0 Å². The molecule has 1 atom stereocenters. The van der Waals surface area contributed by atoms with Crippen LogP contribution in [0.25, 0.3) is 10.6 Å². The van der Waals surface area contributed by atoms with E-state index in [0.717, 1.165) is 46.3 Å². The Kier molecular flexibility index (Phi) is 5.70. The largest absolute Gasteiger partial charge is 0.491 e. The molecule has 0 radical (unpaired) electrons. The fourth-order valence-corrected chi connectivity index (χ4v) is 5.08. The summed E-state index contributed by atoms with van der Waals surface area (Å²) >= 11 is 1.53. The van der Waals surface area contributed by atoms with Gasteiger partial charge in [0.1, 0.15) is 23.2 Å². The molecule has 1 saturated heterocycles. The number of halogens is 1. The van der Waals surface area contributed by atoms with E-state index in [4.69, 9.17) is 9.47 Å². The van der Waals surface area contributed by atoms with Crippen LogP contribution in [0.15, 0.2) is 48.5 Å². The zero-order valence-electron chi connectivity index (χ0n) is 17.1. The summed E-state index contributed by atoms with van der Waals surface area (Å²) in [6, 6.07) is 13.8. The standard InChI is InChI=1S/C24H23FN2O3S/c25-18-4-1-3-17(13-18)23-26-21-10-11-27(14-22(21)31-23)24(28)16-6-8-19(9-7-16)30-15-20-5-2-12-29-20/h1,3-4,6-9,13,20H,2,5,10-12,14-15H2. The van der Waals surface area contributed by atoms with Crippen molar-refractivity contribution < 1.29 is 18.7 Å². The summed E-state index contributed by atoms with van der Waals surface area (Å²) in [4.78, 5) is 20.6. The molecule has 31 heavy (non-hydrogen) atoms. The van der Waals surface area contributed by atoms with Gasteiger partial charge in [0, 0.05) is 35.6 Å². The van der Waals surface area contributed by atoms with Gasteiger partial charge < -0.3 is 14.4 Å². The molecule has 0 saturated carbocycles. The zero-order valence-corrected chi connectivity index (χ0v) is 17.9. The van der Waals surface area contributed by atoms with Gasteiger partial charge in [0.2, 0.25) is 0 Å². The fourth-order valence-electron chi connectivity index (χ4n) is 3.96. The first-order valence-electron chi connectivity index (χ1n) is 10.5. The minimum atomic E-state index is -0.273. The fraction of sp³-hybridized carbons (Fsp3) is 0.333. The van der Waals surface area contributed by atoms with E-state index in [1.807, 2.05) is 35.2 Å². The van der Waals surface area contributed by atoms with Gasteiger partial charge >= 0.3 is 0 Å². The molecule has 2 aliphatic rings. The van der Waals surface area contributed by atoms with Crippen LogP contribution in [0.4, 0.5) is 4.39 Å². The first kappa shape index (κ1) is 20.2. The molecule has 2 aromatic carbocycles. The molecule has 1 unspecified atom stereocenters. The quantitative estimate of drug-likeness (QED) is 0.579. The smallest absolute Gasteiger partial charge is 0.254 e. The van der Waals surface area contributed by atoms with Gasteiger partial charge in [-0.3, -0.25) is 4.79 Å². The number of carbonyl (C=O) groups is 1. The number of amides is 1. The number of aromatic nitrogens is 1. The highest BCUT2D eigenvalue weighted by Crippen LogP contribution is 2.32. The molecule has 2 aliphatic heterocycles. The van der Waals surface area contributed by atoms with Gasteiger partial charge in [-0.15, -0.1) is 11.3 Å². The maximum absolute atomic E-state index is 13.6. The Morgan fingerprint density at radius 1 is 1.26 bits per heavy atom. The van der Waals surface area contributed by atoms with Crippen molar-refractivity contribution in [3.8, 4) is 16.3 Å². The summed E-state index contributed by atoms with van der Waals surface area (Å²) in [5.41, 5.74) is 2.42. The van der Waals surface area contributed by atoms with Crippen molar-refractivity contribution in [1.82, 2.24) is 9.88 Å². The van der Waals surface area contributed by atoms with Gasteiger partial charge in [-0.2, -0.15) is 0 Å². The van der Waals surface area contributed by atoms with Gasteiger partial charge in [0.25, 0.3) is 5.91 Å². The molecule has 0 aliphatic carbocycles. The van der Waals surface area contributed by atoms with Crippen LogP contribution in [-0.2, 0) is 17.7 Å². The van der Waals surface area contributed by atoms with E-state index in [1.54, 1.807) is 6.07 Å². The number of hydrogen-bond acceptors (Lipinski definition) is 5. The molecule has 1 amide bonds. The number of thiazole rings is 1. The van der Waals surface area contributed by atoms with Crippen molar-refractivity contribution in [3.05, 3.63) is 70.5 Å². The second-order valence-electron chi connectivity index (χ2n) is 7.85. The molecule has 7 heteroatoms. The van der Waals surface area contributed by atoms with Crippen molar-refractivity contribution in [3.63, 3.8) is 0 Å². The Labute approximate surface area is 184 Å². The molecule has 1 fully saturated rings. The Bertz CT molecular complexity index is 1080. The van der Waals surface area contributed by atoms with E-state index in [0.29, 0.717) is 31.7 Å². The van der Waals surface area contributed by atoms with Gasteiger partial charge in [0.05, 0.1) is 18.3 Å². The Morgan fingerprint density at radius 2 is 2.13 bits per heavy atom. The van der Waals surface area contributed by atoms with E-state index in [2.05, 4.69) is 4.98 Å². The molecule has 0 spiro atoms. The lowest BCUT2D eigenvalue weighted by Crippen LogP contribution is -2.35. The van der Waals surface area contributed by atoms with Crippen molar-refractivity contribution in [2.45, 2.75) is 31.9 Å². The van der Waals surface area contributed by atoms with Crippen LogP contribution < -0.4 is 4.74 Å². The lowest BCUT2D eigenvalue weighted by atomic mass is 10.1. The zero-order chi connectivity index (χ0) is 21.2. The predicted octanol–water partition coefficient (Wildman–Crippen LogP) is 4.71. The second-order valence-corrected chi connectivity index (χ2v) is 8.93. The van der Waals surface area contributed by atoms with Crippen LogP contribution in [0.5, 0.6) is 5.75 Å². The van der Waals surface area contributed by atoms with Crippen molar-refractivity contribution in [2.24, 2.45) is 0 Å². The minimum absolute atomic E-state index is 0.00275. The van der Waals surface area contributed by atoms with E-state index in [1.165, 1.54) is 23.5 Å². The topological polar surface area (TPSA) is 51.7 Å². The van der Waals surface area contributed by atoms with E-state index in [-0.39, 0.29) is 17.8 Å². The van der Waals surface area contributed by atoms with E-state index in [9.17, 15) is 9.18 Å². The lowest BCUT2D eigenvalue weighted by molar-refractivity contribution is 0.0678. The molecular weight excluding hydrogens is 415 g/mol. The van der Waals surface area contributed by atoms with Gasteiger partial charge in [0.15, 0.2) is 0 Å². The number of ether oxygens (including phenoxy) is 2. The van der Waals surface area contributed by atoms with E-state index < -0.39 is 0 Å². The summed E-state index contributed by atoms with van der Waals surface area (Å²) in [6.07, 6.45) is 2.99. The summed E-state index contributed by atoms with van der Waals surface area (Å²) < 4.78 is 24.9. The third-order valence-corrected chi connectivity index (χ3v) is 6.78. The van der Waals surface area contributed by atoms with Crippen molar-refractivity contribution in [1.29, 1.82) is 0 Å². The third kappa shape index (κ3) is 4.48. The van der Waals surface area contributed by atoms with Crippen LogP contribution in [0.1, 0.15) is 33.8 Å². The molecule has 0 bridgehead atoms. The van der Waals surface area contributed by atoms with Crippen LogP contribution in [0.2, 0.25) is 0 Å². The third-order valence-electron chi connectivity index (χ3n) is 5.65. The first-order valence-corrected chi connectivity index (χ1v) is 11.4. The maximum atomic E-state index is 13.6. The molecule has 3 heterocycles. The van der Waals surface area contributed by atoms with Crippen LogP contribution in [-0.4, -0.2) is 41.7 Å². The number of fused-ring (bicyclic) bond motifs is 1. The van der Waals surface area contributed by atoms with E-state index >= 15 is 0 Å². The number of carbonyl (C=O) groups excluding carboxylic acids is 1. The van der Waals surface area contributed by atoms with Crippen LogP contribution >= 0.6 is 11.3 Å². The second kappa shape index (κ2) is 8.77. The number of hydrogen-bond donors (Lipinski definition) is 0. The maximum Gasteiger partial charge on any atom is 0.254 e. The van der Waals surface area contributed by atoms with Gasteiger partial charge in [-0.1, -0.05) is 12.1 Å². The molecular formula is C24H23FN2O3S. The summed E-state index contributed by atoms with van der Waals surface area (Å²) in [7, 11) is 0. The highest BCUT2D eigenvalue weighted by molar-refractivity contribution is 7.15. The molecule has 1 aromatic heterocycles. The normalized spacial score (nSPS) is 18.1. The molecule has 160 valence electrons. The highest BCUT2D eigenvalue weighted by atomic mass is 32.1. The van der Waals surface area contributed by atoms with Crippen molar-refractivity contribution >= 4 is 17.2 Å². The predicted molar refractivity (Wildman–Crippen MR) is 117 cm³/mol. The molecule has 5 rings (SSSR count). The lowest BCUT2D eigenvalue weighted by Gasteiger charge is -2.26. The van der Waals surface area contributed by atoms with Crippen LogP contribution in [0, 0.1) is 5.82 Å². The summed E-state index contributed by atoms with van der Waals surface area (Å²) in [6.45, 7) is 2.50. The summed E-state index contributed by atoms with van der Waals surface area (Å²) in [5, 5.41) is 0.798. The number of rotatable bonds is 5. The minimum Gasteiger partial charge on any atom is -0.491 e. The Balaban J connectivity index is 1.24. The molecule has 0 N–H and O–H groups in total. The monoisotopic (exact) mass is 438 g/mol. The Hall–Kier alpha value is -2.77. The average Bonchev–Trinajstić information content (AvgIpc) is 3.47. The van der Waals surface area contributed by atoms with Gasteiger partial charge in [-0.05, 0) is 49.2 Å². The molecule has 5 nitrogen and oxygen atoms in total.